The molecule has 0 aromatic carbocycles. The van der Waals surface area contributed by atoms with Gasteiger partial charge in [-0.15, -0.1) is 15.3 Å². The largest absolute Gasteiger partial charge is 0.409 e. The van der Waals surface area contributed by atoms with Crippen molar-refractivity contribution in [1.29, 1.82) is 0 Å². The van der Waals surface area contributed by atoms with E-state index in [1.165, 1.54) is 18.0 Å². The number of oxime groups is 1. The van der Waals surface area contributed by atoms with Crippen molar-refractivity contribution in [2.24, 2.45) is 10.9 Å². The van der Waals surface area contributed by atoms with Gasteiger partial charge in [-0.3, -0.25) is 4.40 Å². The van der Waals surface area contributed by atoms with Gasteiger partial charge in [0.2, 0.25) is 5.16 Å². The van der Waals surface area contributed by atoms with E-state index in [4.69, 9.17) is 10.9 Å². The fourth-order valence-electron chi connectivity index (χ4n) is 1.62. The fourth-order valence-corrected chi connectivity index (χ4v) is 2.50. The van der Waals surface area contributed by atoms with Crippen molar-refractivity contribution >= 4 is 23.2 Å². The second-order valence-electron chi connectivity index (χ2n) is 3.75. The van der Waals surface area contributed by atoms with Crippen molar-refractivity contribution in [3.05, 3.63) is 42.2 Å². The van der Waals surface area contributed by atoms with Crippen LogP contribution in [0.25, 0.3) is 5.65 Å². The molecule has 9 heteroatoms. The van der Waals surface area contributed by atoms with Gasteiger partial charge in [-0.25, -0.2) is 0 Å². The van der Waals surface area contributed by atoms with E-state index in [0.29, 0.717) is 15.7 Å². The van der Waals surface area contributed by atoms with E-state index < -0.39 is 0 Å². The summed E-state index contributed by atoms with van der Waals surface area (Å²) in [6, 6.07) is 7.22. The molecule has 3 heterocycles. The molecule has 0 aliphatic rings. The van der Waals surface area contributed by atoms with Crippen LogP contribution in [-0.2, 0) is 0 Å². The maximum absolute atomic E-state index is 8.78. The van der Waals surface area contributed by atoms with E-state index in [1.54, 1.807) is 6.07 Å². The lowest BCUT2D eigenvalue weighted by Crippen LogP contribution is -2.15. The topological polar surface area (TPSA) is 115 Å². The number of aromatic nitrogens is 5. The average molecular weight is 287 g/mol. The maximum atomic E-state index is 8.78. The van der Waals surface area contributed by atoms with E-state index in [1.807, 2.05) is 28.8 Å². The van der Waals surface area contributed by atoms with Gasteiger partial charge in [-0.1, -0.05) is 11.2 Å². The minimum atomic E-state index is -0.0313. The lowest BCUT2D eigenvalue weighted by molar-refractivity contribution is 0.318. The van der Waals surface area contributed by atoms with Crippen molar-refractivity contribution in [3.8, 4) is 0 Å². The highest BCUT2D eigenvalue weighted by atomic mass is 32.2. The van der Waals surface area contributed by atoms with Gasteiger partial charge in [0, 0.05) is 6.20 Å². The van der Waals surface area contributed by atoms with E-state index >= 15 is 0 Å². The summed E-state index contributed by atoms with van der Waals surface area (Å²) in [5.41, 5.74) is 6.83. The van der Waals surface area contributed by atoms with Crippen LogP contribution >= 0.6 is 11.8 Å². The zero-order chi connectivity index (χ0) is 13.9. The fraction of sp³-hybridized carbons (Fsp3) is 0. The predicted octanol–water partition coefficient (Wildman–Crippen LogP) is 0.765. The molecule has 3 rings (SSSR count). The van der Waals surface area contributed by atoms with Crippen LogP contribution in [0.2, 0.25) is 0 Å². The molecule has 0 aliphatic heterocycles. The Balaban J connectivity index is 2.04. The first-order valence-electron chi connectivity index (χ1n) is 5.57. The number of nitrogens with two attached hydrogens (primary N) is 1. The number of rotatable bonds is 3. The van der Waals surface area contributed by atoms with Crippen molar-refractivity contribution in [3.63, 3.8) is 0 Å². The number of fused-ring (bicyclic) bond motifs is 1. The molecule has 0 aliphatic carbocycles. The minimum absolute atomic E-state index is 0.0313. The maximum Gasteiger partial charge on any atom is 0.201 e. The van der Waals surface area contributed by atoms with Gasteiger partial charge < -0.3 is 10.9 Å². The quantitative estimate of drug-likeness (QED) is 0.316. The molecule has 100 valence electrons. The highest BCUT2D eigenvalue weighted by Gasteiger charge is 2.14. The van der Waals surface area contributed by atoms with E-state index in [-0.39, 0.29) is 5.84 Å². The SMILES string of the molecule is N/C(=N/O)c1ccnnc1Sc1nnc2ccccn12. The number of pyridine rings is 1. The molecular weight excluding hydrogens is 278 g/mol. The van der Waals surface area contributed by atoms with Gasteiger partial charge in [-0.05, 0) is 30.0 Å². The second-order valence-corrected chi connectivity index (χ2v) is 4.70. The Hall–Kier alpha value is -2.68. The number of amidine groups is 1. The molecule has 8 nitrogen and oxygen atoms in total. The lowest BCUT2D eigenvalue weighted by Gasteiger charge is -2.04. The normalized spacial score (nSPS) is 11.9. The Labute approximate surface area is 117 Å². The van der Waals surface area contributed by atoms with Crippen LogP contribution < -0.4 is 5.73 Å². The van der Waals surface area contributed by atoms with Crippen LogP contribution in [0.15, 0.2) is 52.0 Å². The molecule has 0 amide bonds. The Bertz CT molecular complexity index is 785. The molecule has 0 radical (unpaired) electrons. The Morgan fingerprint density at radius 2 is 2.15 bits per heavy atom. The third-order valence-corrected chi connectivity index (χ3v) is 3.50. The van der Waals surface area contributed by atoms with Gasteiger partial charge in [-0.2, -0.15) is 5.10 Å². The Kier molecular flexibility index (Phi) is 3.17. The molecule has 0 fully saturated rings. The molecule has 0 saturated carbocycles. The first-order chi connectivity index (χ1) is 9.79. The third kappa shape index (κ3) is 2.14. The summed E-state index contributed by atoms with van der Waals surface area (Å²) in [4.78, 5) is 0. The standard InChI is InChI=1S/C11H9N7OS/c12-9(17-19)7-4-5-13-15-10(7)20-11-16-14-8-3-1-2-6-18(8)11/h1-6,19H,(H2,12,17). The Morgan fingerprint density at radius 1 is 1.25 bits per heavy atom. The monoisotopic (exact) mass is 287 g/mol. The summed E-state index contributed by atoms with van der Waals surface area (Å²) < 4.78 is 1.81. The van der Waals surface area contributed by atoms with Crippen molar-refractivity contribution in [2.75, 3.05) is 0 Å². The third-order valence-electron chi connectivity index (χ3n) is 2.54. The minimum Gasteiger partial charge on any atom is -0.409 e. The molecule has 3 aromatic heterocycles. The number of nitrogens with zero attached hydrogens (tertiary/aromatic N) is 6. The molecular formula is C11H9N7OS. The second kappa shape index (κ2) is 5.13. The zero-order valence-corrected chi connectivity index (χ0v) is 10.9. The molecule has 0 unspecified atom stereocenters. The van der Waals surface area contributed by atoms with Crippen LogP contribution in [0.3, 0.4) is 0 Å². The average Bonchev–Trinajstić information content (AvgIpc) is 2.90. The molecule has 0 atom stereocenters. The molecule has 0 saturated heterocycles. The van der Waals surface area contributed by atoms with Gasteiger partial charge in [0.1, 0.15) is 5.03 Å². The van der Waals surface area contributed by atoms with Gasteiger partial charge in [0.05, 0.1) is 11.8 Å². The summed E-state index contributed by atoms with van der Waals surface area (Å²) in [7, 11) is 0. The summed E-state index contributed by atoms with van der Waals surface area (Å²) in [6.45, 7) is 0. The summed E-state index contributed by atoms with van der Waals surface area (Å²) in [6.07, 6.45) is 3.32. The molecule has 3 N–H and O–H groups in total. The van der Waals surface area contributed by atoms with Crippen LogP contribution in [-0.4, -0.2) is 35.8 Å². The molecule has 0 bridgehead atoms. The predicted molar refractivity (Wildman–Crippen MR) is 71.7 cm³/mol. The van der Waals surface area contributed by atoms with E-state index in [2.05, 4.69) is 25.6 Å². The highest BCUT2D eigenvalue weighted by Crippen LogP contribution is 2.26. The van der Waals surface area contributed by atoms with Crippen LogP contribution in [0.4, 0.5) is 0 Å². The van der Waals surface area contributed by atoms with Crippen molar-refractivity contribution < 1.29 is 5.21 Å². The van der Waals surface area contributed by atoms with Crippen LogP contribution in [0.5, 0.6) is 0 Å². The lowest BCUT2D eigenvalue weighted by atomic mass is 10.3. The molecule has 0 spiro atoms. The van der Waals surface area contributed by atoms with Crippen LogP contribution in [0, 0.1) is 0 Å². The summed E-state index contributed by atoms with van der Waals surface area (Å²) in [5.74, 6) is -0.0313. The first kappa shape index (κ1) is 12.4. The smallest absolute Gasteiger partial charge is 0.201 e. The number of hydrogen-bond donors (Lipinski definition) is 2. The van der Waals surface area contributed by atoms with E-state index in [9.17, 15) is 0 Å². The molecule has 3 aromatic rings. The van der Waals surface area contributed by atoms with Gasteiger partial charge in [0.15, 0.2) is 11.5 Å². The van der Waals surface area contributed by atoms with Gasteiger partial charge >= 0.3 is 0 Å². The Morgan fingerprint density at radius 3 is 3.00 bits per heavy atom. The summed E-state index contributed by atoms with van der Waals surface area (Å²) >= 11 is 1.24. The molecule has 20 heavy (non-hydrogen) atoms. The summed E-state index contributed by atoms with van der Waals surface area (Å²) in [5, 5.41) is 28.8. The van der Waals surface area contributed by atoms with E-state index in [0.717, 1.165) is 5.65 Å². The highest BCUT2D eigenvalue weighted by molar-refractivity contribution is 7.99. The van der Waals surface area contributed by atoms with Crippen molar-refractivity contribution in [2.45, 2.75) is 10.2 Å². The van der Waals surface area contributed by atoms with Crippen LogP contribution in [0.1, 0.15) is 5.56 Å². The number of hydrogen-bond acceptors (Lipinski definition) is 7. The zero-order valence-electron chi connectivity index (χ0n) is 10.1. The first-order valence-corrected chi connectivity index (χ1v) is 6.38. The van der Waals surface area contributed by atoms with Gasteiger partial charge in [0.25, 0.3) is 0 Å². The van der Waals surface area contributed by atoms with Crippen molar-refractivity contribution in [1.82, 2.24) is 24.8 Å².